The Morgan fingerprint density at radius 1 is 1.26 bits per heavy atom. The van der Waals surface area contributed by atoms with Crippen LogP contribution >= 0.6 is 0 Å². The second-order valence-electron chi connectivity index (χ2n) is 6.98. The molecule has 112 valence electrons. The molecule has 0 heterocycles. The van der Waals surface area contributed by atoms with Crippen molar-refractivity contribution in [1.29, 1.82) is 0 Å². The fourth-order valence-corrected chi connectivity index (χ4v) is 3.44. The monoisotopic (exact) mass is 267 g/mol. The number of nitrogens with one attached hydrogen (secondary N) is 1. The quantitative estimate of drug-likeness (QED) is 0.760. The zero-order valence-corrected chi connectivity index (χ0v) is 13.5. The molecule has 1 saturated carbocycles. The number of amides is 1. The van der Waals surface area contributed by atoms with E-state index in [2.05, 4.69) is 39.9 Å². The number of rotatable bonds is 6. The topological polar surface area (TPSA) is 29.1 Å². The van der Waals surface area contributed by atoms with Crippen LogP contribution < -0.4 is 5.32 Å². The van der Waals surface area contributed by atoms with Gasteiger partial charge in [-0.15, -0.1) is 0 Å². The minimum Gasteiger partial charge on any atom is -0.353 e. The van der Waals surface area contributed by atoms with Crippen molar-refractivity contribution >= 4 is 5.91 Å². The average Bonchev–Trinajstić information content (AvgIpc) is 2.35. The molecule has 4 atom stereocenters. The molecule has 0 aromatic heterocycles. The summed E-state index contributed by atoms with van der Waals surface area (Å²) >= 11 is 0. The Hall–Kier alpha value is -0.530. The highest BCUT2D eigenvalue weighted by Gasteiger charge is 2.35. The summed E-state index contributed by atoms with van der Waals surface area (Å²) in [5.74, 6) is 2.46. The number of carbonyl (C=O) groups is 1. The van der Waals surface area contributed by atoms with Gasteiger partial charge in [0.2, 0.25) is 5.91 Å². The van der Waals surface area contributed by atoms with Crippen molar-refractivity contribution in [2.24, 2.45) is 23.7 Å². The highest BCUT2D eigenvalue weighted by atomic mass is 16.1. The number of hydrogen-bond donors (Lipinski definition) is 1. The summed E-state index contributed by atoms with van der Waals surface area (Å²) in [4.78, 5) is 12.5. The lowest BCUT2D eigenvalue weighted by Gasteiger charge is -2.37. The molecule has 19 heavy (non-hydrogen) atoms. The molecule has 1 fully saturated rings. The first-order valence-electron chi connectivity index (χ1n) is 8.26. The molecule has 0 radical (unpaired) electrons. The maximum Gasteiger partial charge on any atom is 0.223 e. The largest absolute Gasteiger partial charge is 0.353 e. The molecule has 1 amide bonds. The minimum absolute atomic E-state index is 0.243. The second kappa shape index (κ2) is 7.91. The Balaban J connectivity index is 2.55. The Morgan fingerprint density at radius 3 is 2.53 bits per heavy atom. The third kappa shape index (κ3) is 5.16. The van der Waals surface area contributed by atoms with Crippen LogP contribution in [0.25, 0.3) is 0 Å². The summed E-state index contributed by atoms with van der Waals surface area (Å²) in [6.45, 7) is 11.2. The van der Waals surface area contributed by atoms with E-state index in [-0.39, 0.29) is 5.92 Å². The van der Waals surface area contributed by atoms with Gasteiger partial charge in [0.25, 0.3) is 0 Å². The van der Waals surface area contributed by atoms with Crippen LogP contribution in [0, 0.1) is 23.7 Å². The molecule has 0 bridgehead atoms. The van der Waals surface area contributed by atoms with Gasteiger partial charge in [-0.2, -0.15) is 0 Å². The average molecular weight is 267 g/mol. The third-order valence-corrected chi connectivity index (χ3v) is 4.74. The third-order valence-electron chi connectivity index (χ3n) is 4.74. The first-order chi connectivity index (χ1) is 8.95. The summed E-state index contributed by atoms with van der Waals surface area (Å²) in [6, 6.07) is 0.331. The molecule has 0 aliphatic heterocycles. The van der Waals surface area contributed by atoms with Gasteiger partial charge in [0.1, 0.15) is 0 Å². The lowest BCUT2D eigenvalue weighted by Crippen LogP contribution is -2.43. The molecule has 1 aliphatic carbocycles. The maximum atomic E-state index is 12.5. The van der Waals surface area contributed by atoms with Crippen LogP contribution in [0.4, 0.5) is 0 Å². The van der Waals surface area contributed by atoms with Gasteiger partial charge in [-0.25, -0.2) is 0 Å². The fourth-order valence-electron chi connectivity index (χ4n) is 3.44. The summed E-state index contributed by atoms with van der Waals surface area (Å²) < 4.78 is 0. The van der Waals surface area contributed by atoms with Crippen molar-refractivity contribution < 1.29 is 4.79 Å². The molecule has 1 N–H and O–H groups in total. The van der Waals surface area contributed by atoms with Crippen molar-refractivity contribution in [3.05, 3.63) is 0 Å². The Kier molecular flexibility index (Phi) is 6.88. The Bertz CT molecular complexity index is 274. The van der Waals surface area contributed by atoms with E-state index < -0.39 is 0 Å². The fraction of sp³-hybridized carbons (Fsp3) is 0.941. The van der Waals surface area contributed by atoms with Crippen LogP contribution in [-0.2, 0) is 4.79 Å². The standard InChI is InChI=1S/C17H33NO/c1-6-7-8-14(5)18-17(19)16-11-13(4)9-10-15(16)12(2)3/h12-16H,6-11H2,1-5H3,(H,18,19). The highest BCUT2D eigenvalue weighted by Crippen LogP contribution is 2.38. The molecule has 0 saturated heterocycles. The lowest BCUT2D eigenvalue weighted by atomic mass is 9.69. The van der Waals surface area contributed by atoms with Crippen molar-refractivity contribution in [3.63, 3.8) is 0 Å². The molecule has 0 aromatic carbocycles. The van der Waals surface area contributed by atoms with Gasteiger partial charge in [0.05, 0.1) is 0 Å². The number of carbonyl (C=O) groups excluding carboxylic acids is 1. The van der Waals surface area contributed by atoms with E-state index in [1.807, 2.05) is 0 Å². The zero-order chi connectivity index (χ0) is 14.4. The first-order valence-corrected chi connectivity index (χ1v) is 8.26. The van der Waals surface area contributed by atoms with Crippen LogP contribution in [0.3, 0.4) is 0 Å². The second-order valence-corrected chi connectivity index (χ2v) is 6.98. The van der Waals surface area contributed by atoms with Gasteiger partial charge in [-0.1, -0.05) is 47.0 Å². The normalized spacial score (nSPS) is 29.3. The molecule has 2 nitrogen and oxygen atoms in total. The molecule has 0 aromatic rings. The highest BCUT2D eigenvalue weighted by molar-refractivity contribution is 5.79. The van der Waals surface area contributed by atoms with Gasteiger partial charge in [0.15, 0.2) is 0 Å². The summed E-state index contributed by atoms with van der Waals surface area (Å²) in [7, 11) is 0. The summed E-state index contributed by atoms with van der Waals surface area (Å²) in [6.07, 6.45) is 7.11. The molecule has 1 aliphatic rings. The van der Waals surface area contributed by atoms with Crippen molar-refractivity contribution in [2.75, 3.05) is 0 Å². The predicted octanol–water partition coefficient (Wildman–Crippen LogP) is 4.39. The molecule has 1 rings (SSSR count). The number of unbranched alkanes of at least 4 members (excludes halogenated alkanes) is 1. The van der Waals surface area contributed by atoms with Gasteiger partial charge < -0.3 is 5.32 Å². The van der Waals surface area contributed by atoms with Crippen LogP contribution in [0.5, 0.6) is 0 Å². The van der Waals surface area contributed by atoms with Crippen molar-refractivity contribution in [3.8, 4) is 0 Å². The van der Waals surface area contributed by atoms with Crippen molar-refractivity contribution in [2.45, 2.75) is 79.2 Å². The van der Waals surface area contributed by atoms with E-state index in [0.29, 0.717) is 29.7 Å². The number of hydrogen-bond acceptors (Lipinski definition) is 1. The van der Waals surface area contributed by atoms with Gasteiger partial charge in [-0.3, -0.25) is 4.79 Å². The zero-order valence-electron chi connectivity index (χ0n) is 13.5. The SMILES string of the molecule is CCCCC(C)NC(=O)C1CC(C)CCC1C(C)C. The minimum atomic E-state index is 0.243. The Morgan fingerprint density at radius 2 is 1.95 bits per heavy atom. The Labute approximate surface area is 119 Å². The van der Waals surface area contributed by atoms with E-state index in [0.717, 1.165) is 12.8 Å². The molecule has 0 spiro atoms. The molecular weight excluding hydrogens is 234 g/mol. The summed E-state index contributed by atoms with van der Waals surface area (Å²) in [5.41, 5.74) is 0. The molecular formula is C17H33NO. The van der Waals surface area contributed by atoms with Crippen LogP contribution in [-0.4, -0.2) is 11.9 Å². The molecule has 4 unspecified atom stereocenters. The first kappa shape index (κ1) is 16.5. The lowest BCUT2D eigenvalue weighted by molar-refractivity contribution is -0.130. The van der Waals surface area contributed by atoms with E-state index in [9.17, 15) is 4.79 Å². The smallest absolute Gasteiger partial charge is 0.223 e. The van der Waals surface area contributed by atoms with Gasteiger partial charge >= 0.3 is 0 Å². The van der Waals surface area contributed by atoms with Gasteiger partial charge in [-0.05, 0) is 43.9 Å². The predicted molar refractivity (Wildman–Crippen MR) is 82.0 cm³/mol. The van der Waals surface area contributed by atoms with E-state index in [1.54, 1.807) is 0 Å². The van der Waals surface area contributed by atoms with E-state index in [4.69, 9.17) is 0 Å². The van der Waals surface area contributed by atoms with Crippen LogP contribution in [0.1, 0.15) is 73.1 Å². The van der Waals surface area contributed by atoms with Crippen LogP contribution in [0.2, 0.25) is 0 Å². The van der Waals surface area contributed by atoms with E-state index in [1.165, 1.54) is 25.7 Å². The molecule has 2 heteroatoms. The van der Waals surface area contributed by atoms with E-state index >= 15 is 0 Å². The van der Waals surface area contributed by atoms with Crippen molar-refractivity contribution in [1.82, 2.24) is 5.32 Å². The van der Waals surface area contributed by atoms with Crippen LogP contribution in [0.15, 0.2) is 0 Å². The summed E-state index contributed by atoms with van der Waals surface area (Å²) in [5, 5.41) is 3.25. The van der Waals surface area contributed by atoms with Gasteiger partial charge in [0, 0.05) is 12.0 Å². The maximum absolute atomic E-state index is 12.5.